The highest BCUT2D eigenvalue weighted by Gasteiger charge is 2.33. The summed E-state index contributed by atoms with van der Waals surface area (Å²) in [5, 5.41) is 4.51. The van der Waals surface area contributed by atoms with Gasteiger partial charge in [-0.05, 0) is 51.7 Å². The quantitative estimate of drug-likeness (QED) is 0.413. The van der Waals surface area contributed by atoms with Crippen molar-refractivity contribution in [1.29, 1.82) is 0 Å². The zero-order valence-electron chi connectivity index (χ0n) is 18.9. The van der Waals surface area contributed by atoms with Gasteiger partial charge in [0.05, 0.1) is 30.1 Å². The highest BCUT2D eigenvalue weighted by Crippen LogP contribution is 2.41. The highest BCUT2D eigenvalue weighted by atomic mass is 19.1. The average Bonchev–Trinajstić information content (AvgIpc) is 3.54. The number of nitrogens with zero attached hydrogens (tertiary/aromatic N) is 6. The second-order valence-corrected chi connectivity index (χ2v) is 9.33. The molecule has 3 aromatic heterocycles. The summed E-state index contributed by atoms with van der Waals surface area (Å²) in [6, 6.07) is 3.97. The predicted molar refractivity (Wildman–Crippen MR) is 121 cm³/mol. The number of halogens is 2. The third-order valence-electron chi connectivity index (χ3n) is 6.52. The van der Waals surface area contributed by atoms with Crippen molar-refractivity contribution in [3.8, 4) is 11.3 Å². The third kappa shape index (κ3) is 3.94. The van der Waals surface area contributed by atoms with Gasteiger partial charge in [0.15, 0.2) is 5.65 Å². The zero-order valence-corrected chi connectivity index (χ0v) is 18.9. The maximum absolute atomic E-state index is 14.8. The molecule has 6 rings (SSSR count). The Bertz CT molecular complexity index is 1390. The van der Waals surface area contributed by atoms with E-state index in [0.717, 1.165) is 18.1 Å². The monoisotopic (exact) mass is 462 g/mol. The van der Waals surface area contributed by atoms with Crippen molar-refractivity contribution in [2.45, 2.75) is 63.7 Å². The number of aryl methyl sites for hydroxylation is 1. The minimum Gasteiger partial charge on any atom is -0.370 e. The van der Waals surface area contributed by atoms with Crippen LogP contribution in [0.5, 0.6) is 0 Å². The summed E-state index contributed by atoms with van der Waals surface area (Å²) in [4.78, 5) is 18.5. The molecule has 1 aromatic carbocycles. The van der Waals surface area contributed by atoms with Crippen LogP contribution >= 0.6 is 0 Å². The Hall–Kier alpha value is -3.33. The fourth-order valence-electron chi connectivity index (χ4n) is 4.69. The lowest BCUT2D eigenvalue weighted by atomic mass is 9.89. The van der Waals surface area contributed by atoms with Gasteiger partial charge in [-0.1, -0.05) is 0 Å². The minimum atomic E-state index is -0.695. The summed E-state index contributed by atoms with van der Waals surface area (Å²) in [5.74, 6) is -0.790. The van der Waals surface area contributed by atoms with E-state index in [4.69, 9.17) is 14.7 Å². The first-order valence-corrected chi connectivity index (χ1v) is 11.6. The third-order valence-corrected chi connectivity index (χ3v) is 6.52. The minimum absolute atomic E-state index is 0.0121. The predicted octanol–water partition coefficient (Wildman–Crippen LogP) is 5.23. The van der Waals surface area contributed by atoms with E-state index >= 15 is 0 Å². The van der Waals surface area contributed by atoms with Gasteiger partial charge in [-0.15, -0.1) is 0 Å². The van der Waals surface area contributed by atoms with E-state index < -0.39 is 11.6 Å². The van der Waals surface area contributed by atoms with Gasteiger partial charge in [-0.25, -0.2) is 28.7 Å². The molecule has 0 amide bonds. The van der Waals surface area contributed by atoms with Gasteiger partial charge in [-0.3, -0.25) is 4.68 Å². The van der Waals surface area contributed by atoms with E-state index in [2.05, 4.69) is 21.3 Å². The molecule has 1 aliphatic carbocycles. The molecule has 9 heteroatoms. The summed E-state index contributed by atoms with van der Waals surface area (Å²) >= 11 is 0. The summed E-state index contributed by atoms with van der Waals surface area (Å²) in [5.41, 5.74) is 3.04. The van der Waals surface area contributed by atoms with Gasteiger partial charge in [0, 0.05) is 35.5 Å². The molecule has 1 saturated carbocycles. The molecule has 0 bridgehead atoms. The van der Waals surface area contributed by atoms with Crippen LogP contribution in [0, 0.1) is 18.6 Å². The smallest absolute Gasteiger partial charge is 0.182 e. The van der Waals surface area contributed by atoms with E-state index in [1.54, 1.807) is 6.20 Å². The molecule has 0 N–H and O–H groups in total. The Labute approximate surface area is 195 Å². The number of ether oxygens (including phenoxy) is 1. The molecule has 0 radical (unpaired) electrons. The van der Waals surface area contributed by atoms with E-state index in [9.17, 15) is 8.78 Å². The SMILES string of the molecule is Cc1cnc2c(-c3ccc(F)cc3F)nc([C@H]3C[C@@H](c4cnn(C5CC5)c4)O[C@@H](C)C3)nc2n1. The zero-order chi connectivity index (χ0) is 23.4. The van der Waals surface area contributed by atoms with Gasteiger partial charge in [0.2, 0.25) is 0 Å². The lowest BCUT2D eigenvalue weighted by Crippen LogP contribution is -2.26. The van der Waals surface area contributed by atoms with Crippen molar-refractivity contribution >= 4 is 11.2 Å². The van der Waals surface area contributed by atoms with Crippen LogP contribution in [-0.2, 0) is 4.74 Å². The topological polar surface area (TPSA) is 78.6 Å². The Morgan fingerprint density at radius 2 is 1.91 bits per heavy atom. The van der Waals surface area contributed by atoms with E-state index in [1.807, 2.05) is 24.7 Å². The first kappa shape index (κ1) is 21.2. The Morgan fingerprint density at radius 3 is 2.71 bits per heavy atom. The summed E-state index contributed by atoms with van der Waals surface area (Å²) in [7, 11) is 0. The summed E-state index contributed by atoms with van der Waals surface area (Å²) < 4.78 is 36.6. The van der Waals surface area contributed by atoms with Crippen LogP contribution in [0.25, 0.3) is 22.4 Å². The molecule has 34 heavy (non-hydrogen) atoms. The van der Waals surface area contributed by atoms with Gasteiger partial charge in [0.25, 0.3) is 0 Å². The molecule has 4 heterocycles. The molecule has 4 aromatic rings. The average molecular weight is 463 g/mol. The number of aromatic nitrogens is 6. The Morgan fingerprint density at radius 1 is 1.06 bits per heavy atom. The normalized spacial score (nSPS) is 22.9. The molecule has 2 fully saturated rings. The maximum atomic E-state index is 14.8. The van der Waals surface area contributed by atoms with Crippen LogP contribution < -0.4 is 0 Å². The number of benzene rings is 1. The lowest BCUT2D eigenvalue weighted by Gasteiger charge is -2.33. The second-order valence-electron chi connectivity index (χ2n) is 9.33. The molecule has 0 spiro atoms. The molecule has 174 valence electrons. The highest BCUT2D eigenvalue weighted by molar-refractivity contribution is 5.86. The standard InChI is InChI=1S/C25H24F2N6O/c1-13-10-28-23-22(19-6-3-17(26)9-20(19)27)31-24(32-25(23)30-13)15-7-14(2)34-21(8-15)16-11-29-33(12-16)18-4-5-18/h3,6,9-12,14-15,18,21H,4-5,7-8H2,1-2H3/t14-,15+,21-/m0/s1. The molecule has 3 atom stereocenters. The van der Waals surface area contributed by atoms with Crippen LogP contribution in [0.3, 0.4) is 0 Å². The number of hydrogen-bond acceptors (Lipinski definition) is 6. The lowest BCUT2D eigenvalue weighted by molar-refractivity contribution is -0.0511. The summed E-state index contributed by atoms with van der Waals surface area (Å²) in [6.07, 6.45) is 9.15. The Kier molecular flexibility index (Phi) is 5.09. The fourth-order valence-corrected chi connectivity index (χ4v) is 4.69. The largest absolute Gasteiger partial charge is 0.370 e. The van der Waals surface area contributed by atoms with Crippen LogP contribution in [0.4, 0.5) is 8.78 Å². The van der Waals surface area contributed by atoms with Crippen molar-refractivity contribution in [2.24, 2.45) is 0 Å². The molecule has 7 nitrogen and oxygen atoms in total. The van der Waals surface area contributed by atoms with Gasteiger partial charge >= 0.3 is 0 Å². The molecule has 1 aliphatic heterocycles. The van der Waals surface area contributed by atoms with Crippen molar-refractivity contribution in [2.75, 3.05) is 0 Å². The number of fused-ring (bicyclic) bond motifs is 1. The molecule has 0 unspecified atom stereocenters. The molecule has 2 aliphatic rings. The first-order chi connectivity index (χ1) is 16.4. The number of rotatable bonds is 4. The van der Waals surface area contributed by atoms with Gasteiger partial charge in [-0.2, -0.15) is 5.10 Å². The van der Waals surface area contributed by atoms with Crippen LogP contribution in [0.15, 0.2) is 36.8 Å². The Balaban J connectivity index is 1.41. The maximum Gasteiger partial charge on any atom is 0.182 e. The van der Waals surface area contributed by atoms with E-state index in [1.165, 1.54) is 25.0 Å². The molecular weight excluding hydrogens is 438 g/mol. The first-order valence-electron chi connectivity index (χ1n) is 11.6. The molecule has 1 saturated heterocycles. The van der Waals surface area contributed by atoms with E-state index in [0.29, 0.717) is 40.8 Å². The van der Waals surface area contributed by atoms with Crippen molar-refractivity contribution in [1.82, 2.24) is 29.7 Å². The van der Waals surface area contributed by atoms with Crippen LogP contribution in [0.2, 0.25) is 0 Å². The molecular formula is C25H24F2N6O. The summed E-state index contributed by atoms with van der Waals surface area (Å²) in [6.45, 7) is 3.87. The van der Waals surface area contributed by atoms with Gasteiger partial charge in [0.1, 0.15) is 28.7 Å². The van der Waals surface area contributed by atoms with Crippen LogP contribution in [0.1, 0.15) is 67.8 Å². The number of hydrogen-bond donors (Lipinski definition) is 0. The van der Waals surface area contributed by atoms with Crippen molar-refractivity contribution in [3.05, 3.63) is 65.5 Å². The fraction of sp³-hybridized carbons (Fsp3) is 0.400. The second kappa shape index (κ2) is 8.16. The van der Waals surface area contributed by atoms with Gasteiger partial charge < -0.3 is 4.74 Å². The van der Waals surface area contributed by atoms with E-state index in [-0.39, 0.29) is 23.7 Å². The van der Waals surface area contributed by atoms with Crippen molar-refractivity contribution in [3.63, 3.8) is 0 Å². The van der Waals surface area contributed by atoms with Crippen LogP contribution in [-0.4, -0.2) is 35.8 Å². The van der Waals surface area contributed by atoms with Crippen molar-refractivity contribution < 1.29 is 13.5 Å².